The lowest BCUT2D eigenvalue weighted by atomic mass is 10.2. The first-order chi connectivity index (χ1) is 14.7. The van der Waals surface area contributed by atoms with Crippen molar-refractivity contribution in [1.29, 1.82) is 0 Å². The van der Waals surface area contributed by atoms with Gasteiger partial charge in [-0.3, -0.25) is 4.79 Å². The first-order valence-electron chi connectivity index (χ1n) is 8.91. The molecule has 0 saturated heterocycles. The number of hydrogen-bond acceptors (Lipinski definition) is 3. The number of carbonyl (C=O) groups is 1. The monoisotopic (exact) mass is 468 g/mol. The number of carbonyl (C=O) groups excluding carboxylic acids is 1. The fourth-order valence-corrected chi connectivity index (χ4v) is 4.24. The Kier molecular flexibility index (Phi) is 6.99. The molecule has 10 heteroatoms. The zero-order chi connectivity index (χ0) is 22.6. The summed E-state index contributed by atoms with van der Waals surface area (Å²) in [5, 5.41) is 2.51. The summed E-state index contributed by atoms with van der Waals surface area (Å²) in [6.45, 7) is -1.19. The molecule has 0 radical (unpaired) electrons. The van der Waals surface area contributed by atoms with E-state index in [1.54, 1.807) is 0 Å². The van der Waals surface area contributed by atoms with Gasteiger partial charge in [0.05, 0.1) is 17.1 Å². The molecule has 0 aliphatic heterocycles. The van der Waals surface area contributed by atoms with Crippen LogP contribution >= 0.6 is 11.6 Å². The second kappa shape index (κ2) is 9.51. The molecule has 0 aliphatic carbocycles. The van der Waals surface area contributed by atoms with Crippen molar-refractivity contribution in [2.24, 2.45) is 0 Å². The molecule has 31 heavy (non-hydrogen) atoms. The Morgan fingerprint density at radius 2 is 1.61 bits per heavy atom. The molecule has 3 aromatic rings. The van der Waals surface area contributed by atoms with Gasteiger partial charge in [-0.1, -0.05) is 29.8 Å². The topological polar surface area (TPSA) is 66.5 Å². The maximum Gasteiger partial charge on any atom is 0.243 e. The van der Waals surface area contributed by atoms with Crippen LogP contribution < -0.4 is 5.32 Å². The van der Waals surface area contributed by atoms with Crippen LogP contribution in [0.3, 0.4) is 0 Å². The van der Waals surface area contributed by atoms with E-state index in [1.165, 1.54) is 42.5 Å². The maximum absolute atomic E-state index is 14.1. The number of anilines is 1. The van der Waals surface area contributed by atoms with Crippen LogP contribution in [0.1, 0.15) is 5.56 Å². The highest BCUT2D eigenvalue weighted by Crippen LogP contribution is 2.22. The normalized spacial score (nSPS) is 11.5. The Labute approximate surface area is 182 Å². The quantitative estimate of drug-likeness (QED) is 0.551. The average Bonchev–Trinajstić information content (AvgIpc) is 2.71. The van der Waals surface area contributed by atoms with Crippen LogP contribution in [-0.2, 0) is 21.4 Å². The molecular weight excluding hydrogens is 453 g/mol. The molecule has 162 valence electrons. The molecule has 5 nitrogen and oxygen atoms in total. The van der Waals surface area contributed by atoms with Gasteiger partial charge in [-0.2, -0.15) is 4.31 Å². The van der Waals surface area contributed by atoms with Crippen LogP contribution in [0.2, 0.25) is 5.02 Å². The summed E-state index contributed by atoms with van der Waals surface area (Å²) in [6.07, 6.45) is 0. The van der Waals surface area contributed by atoms with Crippen LogP contribution in [0, 0.1) is 17.5 Å². The summed E-state index contributed by atoms with van der Waals surface area (Å²) >= 11 is 5.81. The van der Waals surface area contributed by atoms with Crippen LogP contribution in [0.4, 0.5) is 18.9 Å². The fourth-order valence-electron chi connectivity index (χ4n) is 2.74. The molecule has 0 heterocycles. The molecule has 0 fully saturated rings. The number of nitrogens with zero attached hydrogens (tertiary/aromatic N) is 1. The summed E-state index contributed by atoms with van der Waals surface area (Å²) < 4.78 is 68.0. The smallest absolute Gasteiger partial charge is 0.243 e. The number of hydrogen-bond donors (Lipinski definition) is 1. The van der Waals surface area contributed by atoms with Gasteiger partial charge in [0.1, 0.15) is 17.5 Å². The lowest BCUT2D eigenvalue weighted by Gasteiger charge is -2.22. The van der Waals surface area contributed by atoms with Gasteiger partial charge < -0.3 is 5.32 Å². The van der Waals surface area contributed by atoms with Crippen LogP contribution in [0.5, 0.6) is 0 Å². The van der Waals surface area contributed by atoms with Crippen molar-refractivity contribution in [2.75, 3.05) is 11.9 Å². The van der Waals surface area contributed by atoms with E-state index in [2.05, 4.69) is 5.32 Å². The van der Waals surface area contributed by atoms with E-state index in [0.29, 0.717) is 11.1 Å². The van der Waals surface area contributed by atoms with Gasteiger partial charge in [0, 0.05) is 23.2 Å². The number of sulfonamides is 1. The first-order valence-corrected chi connectivity index (χ1v) is 10.7. The number of amides is 1. The van der Waals surface area contributed by atoms with Crippen molar-refractivity contribution in [1.82, 2.24) is 4.31 Å². The van der Waals surface area contributed by atoms with Crippen LogP contribution in [-0.4, -0.2) is 25.2 Å². The number of benzene rings is 3. The van der Waals surface area contributed by atoms with E-state index in [-0.39, 0.29) is 16.1 Å². The molecule has 0 aliphatic rings. The van der Waals surface area contributed by atoms with Crippen molar-refractivity contribution in [3.8, 4) is 0 Å². The highest BCUT2D eigenvalue weighted by atomic mass is 35.5. The van der Waals surface area contributed by atoms with E-state index in [1.807, 2.05) is 0 Å². The third kappa shape index (κ3) is 5.63. The van der Waals surface area contributed by atoms with E-state index < -0.39 is 46.5 Å². The Balaban J connectivity index is 1.90. The van der Waals surface area contributed by atoms with Gasteiger partial charge in [-0.15, -0.1) is 0 Å². The minimum atomic E-state index is -4.24. The minimum absolute atomic E-state index is 0.0424. The SMILES string of the molecule is O=C(CN(Cc1ccccc1F)S(=O)(=O)c1ccc(Cl)cc1)Nc1ccc(F)cc1F. The predicted molar refractivity (Wildman–Crippen MR) is 110 cm³/mol. The molecule has 0 aromatic heterocycles. The molecule has 0 spiro atoms. The Morgan fingerprint density at radius 1 is 0.935 bits per heavy atom. The number of nitrogens with one attached hydrogen (secondary N) is 1. The third-order valence-electron chi connectivity index (χ3n) is 4.28. The lowest BCUT2D eigenvalue weighted by Crippen LogP contribution is -2.38. The van der Waals surface area contributed by atoms with Gasteiger partial charge in [-0.25, -0.2) is 21.6 Å². The van der Waals surface area contributed by atoms with E-state index in [9.17, 15) is 26.4 Å². The molecular formula is C21H16ClF3N2O3S. The summed E-state index contributed by atoms with van der Waals surface area (Å²) in [7, 11) is -4.24. The second-order valence-electron chi connectivity index (χ2n) is 6.49. The van der Waals surface area contributed by atoms with Crippen molar-refractivity contribution in [3.05, 3.63) is 94.8 Å². The fraction of sp³-hybridized carbons (Fsp3) is 0.0952. The molecule has 0 bridgehead atoms. The molecule has 1 amide bonds. The van der Waals surface area contributed by atoms with Gasteiger partial charge in [0.2, 0.25) is 15.9 Å². The highest BCUT2D eigenvalue weighted by molar-refractivity contribution is 7.89. The summed E-state index contributed by atoms with van der Waals surface area (Å²) in [5.41, 5.74) is -0.276. The van der Waals surface area contributed by atoms with E-state index in [0.717, 1.165) is 22.5 Å². The average molecular weight is 469 g/mol. The largest absolute Gasteiger partial charge is 0.322 e. The molecule has 0 unspecified atom stereocenters. The first kappa shape index (κ1) is 22.8. The van der Waals surface area contributed by atoms with Crippen molar-refractivity contribution < 1.29 is 26.4 Å². The number of rotatable bonds is 7. The van der Waals surface area contributed by atoms with Crippen molar-refractivity contribution in [2.45, 2.75) is 11.4 Å². The summed E-state index contributed by atoms with van der Waals surface area (Å²) in [5.74, 6) is -3.39. The molecule has 3 rings (SSSR count). The van der Waals surface area contributed by atoms with Gasteiger partial charge >= 0.3 is 0 Å². The highest BCUT2D eigenvalue weighted by Gasteiger charge is 2.28. The standard InChI is InChI=1S/C21H16ClF3N2O3S/c22-15-5-8-17(9-6-15)31(29,30)27(12-14-3-1-2-4-18(14)24)13-21(28)26-20-10-7-16(23)11-19(20)25/h1-11H,12-13H2,(H,26,28). The zero-order valence-electron chi connectivity index (χ0n) is 15.9. The van der Waals surface area contributed by atoms with E-state index >= 15 is 0 Å². The van der Waals surface area contributed by atoms with E-state index in [4.69, 9.17) is 11.6 Å². The predicted octanol–water partition coefficient (Wildman–Crippen LogP) is 4.59. The molecule has 0 saturated carbocycles. The summed E-state index contributed by atoms with van der Waals surface area (Å²) in [4.78, 5) is 12.3. The maximum atomic E-state index is 14.1. The van der Waals surface area contributed by atoms with Crippen molar-refractivity contribution >= 4 is 33.2 Å². The second-order valence-corrected chi connectivity index (χ2v) is 8.87. The third-order valence-corrected chi connectivity index (χ3v) is 6.34. The zero-order valence-corrected chi connectivity index (χ0v) is 17.4. The molecule has 0 atom stereocenters. The molecule has 3 aromatic carbocycles. The Bertz CT molecular complexity index is 1200. The van der Waals surface area contributed by atoms with Crippen LogP contribution in [0.15, 0.2) is 71.6 Å². The minimum Gasteiger partial charge on any atom is -0.322 e. The van der Waals surface area contributed by atoms with Crippen molar-refractivity contribution in [3.63, 3.8) is 0 Å². The Hall–Kier alpha value is -2.88. The van der Waals surface area contributed by atoms with Gasteiger partial charge in [0.25, 0.3) is 0 Å². The number of halogens is 4. The van der Waals surface area contributed by atoms with Gasteiger partial charge in [-0.05, 0) is 42.5 Å². The van der Waals surface area contributed by atoms with Gasteiger partial charge in [0.15, 0.2) is 0 Å². The Morgan fingerprint density at radius 3 is 2.26 bits per heavy atom. The molecule has 1 N–H and O–H groups in total. The lowest BCUT2D eigenvalue weighted by molar-refractivity contribution is -0.116. The summed E-state index contributed by atoms with van der Waals surface area (Å²) in [6, 6.07) is 13.3. The van der Waals surface area contributed by atoms with Crippen LogP contribution in [0.25, 0.3) is 0 Å².